The SMILES string of the molecule is COc1cc(/C=C2/SC(=O)N(c3ccccc3)C2=O)ccc1OCC(=O)Nc1ccccc1. The van der Waals surface area contributed by atoms with Crippen LogP contribution in [0.4, 0.5) is 16.2 Å². The summed E-state index contributed by atoms with van der Waals surface area (Å²) in [6.07, 6.45) is 1.63. The standard InChI is InChI=1S/C25H20N2O5S/c1-31-21-14-17(12-13-20(21)32-16-23(28)26-18-8-4-2-5-9-18)15-22-24(29)27(25(30)33-22)19-10-6-3-7-11-19/h2-15H,16H2,1H3,(H,26,28)/b22-15+. The summed E-state index contributed by atoms with van der Waals surface area (Å²) in [7, 11) is 1.49. The van der Waals surface area contributed by atoms with Crippen LogP contribution in [0.15, 0.2) is 83.8 Å². The van der Waals surface area contributed by atoms with E-state index in [0.29, 0.717) is 33.3 Å². The number of thioether (sulfide) groups is 1. The van der Waals surface area contributed by atoms with Gasteiger partial charge in [0.1, 0.15) is 0 Å². The number of rotatable bonds is 7. The van der Waals surface area contributed by atoms with Crippen molar-refractivity contribution < 1.29 is 23.9 Å². The van der Waals surface area contributed by atoms with Gasteiger partial charge in [-0.05, 0) is 59.8 Å². The van der Waals surface area contributed by atoms with Gasteiger partial charge in [-0.1, -0.05) is 42.5 Å². The van der Waals surface area contributed by atoms with Gasteiger partial charge in [-0.15, -0.1) is 0 Å². The maximum Gasteiger partial charge on any atom is 0.298 e. The fourth-order valence-corrected chi connectivity index (χ4v) is 4.02. The van der Waals surface area contributed by atoms with Crippen LogP contribution >= 0.6 is 11.8 Å². The molecule has 1 N–H and O–H groups in total. The lowest BCUT2D eigenvalue weighted by Crippen LogP contribution is -2.27. The molecule has 3 aromatic rings. The third-order valence-electron chi connectivity index (χ3n) is 4.71. The number of para-hydroxylation sites is 2. The van der Waals surface area contributed by atoms with Crippen molar-refractivity contribution in [2.24, 2.45) is 0 Å². The molecule has 7 nitrogen and oxygen atoms in total. The first kappa shape index (κ1) is 22.2. The van der Waals surface area contributed by atoms with Crippen molar-refractivity contribution in [2.45, 2.75) is 0 Å². The maximum absolute atomic E-state index is 12.8. The molecule has 0 bridgehead atoms. The molecule has 1 aliphatic rings. The lowest BCUT2D eigenvalue weighted by molar-refractivity contribution is -0.118. The van der Waals surface area contributed by atoms with Crippen molar-refractivity contribution in [3.05, 3.63) is 89.3 Å². The number of carbonyl (C=O) groups is 3. The van der Waals surface area contributed by atoms with Crippen molar-refractivity contribution in [2.75, 3.05) is 23.9 Å². The fraction of sp³-hybridized carbons (Fsp3) is 0.0800. The van der Waals surface area contributed by atoms with Crippen molar-refractivity contribution in [1.29, 1.82) is 0 Å². The summed E-state index contributed by atoms with van der Waals surface area (Å²) in [4.78, 5) is 38.8. The van der Waals surface area contributed by atoms with Crippen LogP contribution in [-0.4, -0.2) is 30.8 Å². The molecule has 0 aliphatic carbocycles. The molecule has 1 aliphatic heterocycles. The van der Waals surface area contributed by atoms with E-state index in [9.17, 15) is 14.4 Å². The fourth-order valence-electron chi connectivity index (χ4n) is 3.17. The third-order valence-corrected chi connectivity index (χ3v) is 5.58. The highest BCUT2D eigenvalue weighted by Gasteiger charge is 2.36. The Hall–Kier alpha value is -4.04. The van der Waals surface area contributed by atoms with E-state index in [4.69, 9.17) is 9.47 Å². The zero-order valence-electron chi connectivity index (χ0n) is 17.7. The monoisotopic (exact) mass is 460 g/mol. The minimum absolute atomic E-state index is 0.194. The molecule has 0 saturated carbocycles. The summed E-state index contributed by atoms with van der Waals surface area (Å²) < 4.78 is 11.0. The molecule has 1 fully saturated rings. The van der Waals surface area contributed by atoms with Crippen LogP contribution in [0, 0.1) is 0 Å². The third kappa shape index (κ3) is 5.24. The number of ether oxygens (including phenoxy) is 2. The second kappa shape index (κ2) is 10.1. The van der Waals surface area contributed by atoms with Crippen molar-refractivity contribution >= 4 is 46.3 Å². The molecule has 0 radical (unpaired) electrons. The van der Waals surface area contributed by atoms with E-state index in [1.54, 1.807) is 60.7 Å². The van der Waals surface area contributed by atoms with E-state index in [1.165, 1.54) is 7.11 Å². The highest BCUT2D eigenvalue weighted by atomic mass is 32.2. The van der Waals surface area contributed by atoms with Gasteiger partial charge in [0.25, 0.3) is 17.1 Å². The number of methoxy groups -OCH3 is 1. The molecule has 3 amide bonds. The Balaban J connectivity index is 1.45. The summed E-state index contributed by atoms with van der Waals surface area (Å²) in [6, 6.07) is 22.9. The summed E-state index contributed by atoms with van der Waals surface area (Å²) in [6.45, 7) is -0.194. The Morgan fingerprint density at radius 3 is 2.36 bits per heavy atom. The number of nitrogens with one attached hydrogen (secondary N) is 1. The number of benzene rings is 3. The van der Waals surface area contributed by atoms with Crippen LogP contribution in [0.5, 0.6) is 11.5 Å². The number of nitrogens with zero attached hydrogens (tertiary/aromatic N) is 1. The van der Waals surface area contributed by atoms with Crippen LogP contribution < -0.4 is 19.7 Å². The van der Waals surface area contributed by atoms with Crippen LogP contribution in [-0.2, 0) is 9.59 Å². The van der Waals surface area contributed by atoms with Gasteiger partial charge in [0.15, 0.2) is 18.1 Å². The van der Waals surface area contributed by atoms with E-state index in [1.807, 2.05) is 24.3 Å². The van der Waals surface area contributed by atoms with Gasteiger partial charge in [0, 0.05) is 5.69 Å². The molecule has 8 heteroatoms. The Labute approximate surface area is 195 Å². The van der Waals surface area contributed by atoms with Crippen LogP contribution in [0.25, 0.3) is 6.08 Å². The molecule has 0 atom stereocenters. The molecule has 1 heterocycles. The molecule has 3 aromatic carbocycles. The summed E-state index contributed by atoms with van der Waals surface area (Å²) in [5.74, 6) is 0.101. The van der Waals surface area contributed by atoms with Gasteiger partial charge in [-0.25, -0.2) is 4.90 Å². The lowest BCUT2D eigenvalue weighted by atomic mass is 10.2. The Kier molecular flexibility index (Phi) is 6.75. The topological polar surface area (TPSA) is 84.9 Å². The predicted octanol–water partition coefficient (Wildman–Crippen LogP) is 4.95. The summed E-state index contributed by atoms with van der Waals surface area (Å²) in [5.41, 5.74) is 1.86. The Morgan fingerprint density at radius 2 is 1.67 bits per heavy atom. The van der Waals surface area contributed by atoms with Gasteiger partial charge in [-0.2, -0.15) is 0 Å². The highest BCUT2D eigenvalue weighted by Crippen LogP contribution is 2.36. The second-order valence-corrected chi connectivity index (χ2v) is 7.96. The second-order valence-electron chi connectivity index (χ2n) is 6.97. The first-order valence-electron chi connectivity index (χ1n) is 10.0. The number of imide groups is 1. The van der Waals surface area contributed by atoms with E-state index >= 15 is 0 Å². The van der Waals surface area contributed by atoms with Crippen LogP contribution in [0.2, 0.25) is 0 Å². The van der Waals surface area contributed by atoms with Crippen LogP contribution in [0.1, 0.15) is 5.56 Å². The van der Waals surface area contributed by atoms with Gasteiger partial charge in [0.05, 0.1) is 17.7 Å². The minimum atomic E-state index is -0.381. The van der Waals surface area contributed by atoms with Crippen LogP contribution in [0.3, 0.4) is 0 Å². The molecule has 0 unspecified atom stereocenters. The summed E-state index contributed by atoms with van der Waals surface area (Å²) in [5, 5.41) is 2.39. The zero-order valence-corrected chi connectivity index (χ0v) is 18.5. The average molecular weight is 461 g/mol. The van der Waals surface area contributed by atoms with E-state index < -0.39 is 0 Å². The van der Waals surface area contributed by atoms with Crippen molar-refractivity contribution in [3.8, 4) is 11.5 Å². The van der Waals surface area contributed by atoms with E-state index in [2.05, 4.69) is 5.32 Å². The molecule has 1 saturated heterocycles. The minimum Gasteiger partial charge on any atom is -0.493 e. The highest BCUT2D eigenvalue weighted by molar-refractivity contribution is 8.19. The van der Waals surface area contributed by atoms with E-state index in [0.717, 1.165) is 16.7 Å². The predicted molar refractivity (Wildman–Crippen MR) is 128 cm³/mol. The maximum atomic E-state index is 12.8. The number of amides is 3. The lowest BCUT2D eigenvalue weighted by Gasteiger charge is -2.12. The smallest absolute Gasteiger partial charge is 0.298 e. The van der Waals surface area contributed by atoms with Gasteiger partial charge < -0.3 is 14.8 Å². The number of hydrogen-bond donors (Lipinski definition) is 1. The average Bonchev–Trinajstić information content (AvgIpc) is 3.11. The zero-order chi connectivity index (χ0) is 23.2. The van der Waals surface area contributed by atoms with Crippen molar-refractivity contribution in [1.82, 2.24) is 0 Å². The van der Waals surface area contributed by atoms with Gasteiger partial charge in [0.2, 0.25) is 0 Å². The molecule has 33 heavy (non-hydrogen) atoms. The number of anilines is 2. The first-order chi connectivity index (χ1) is 16.0. The quantitative estimate of drug-likeness (QED) is 0.502. The Morgan fingerprint density at radius 1 is 0.970 bits per heavy atom. The number of hydrogen-bond acceptors (Lipinski definition) is 6. The van der Waals surface area contributed by atoms with E-state index in [-0.39, 0.29) is 23.7 Å². The Bertz CT molecular complexity index is 1210. The molecular formula is C25H20N2O5S. The largest absolute Gasteiger partial charge is 0.493 e. The first-order valence-corrected chi connectivity index (χ1v) is 10.9. The molecule has 4 rings (SSSR count). The molecular weight excluding hydrogens is 440 g/mol. The van der Waals surface area contributed by atoms with Gasteiger partial charge >= 0.3 is 0 Å². The molecule has 0 aromatic heterocycles. The van der Waals surface area contributed by atoms with Crippen molar-refractivity contribution in [3.63, 3.8) is 0 Å². The number of carbonyl (C=O) groups excluding carboxylic acids is 3. The van der Waals surface area contributed by atoms with Gasteiger partial charge in [-0.3, -0.25) is 14.4 Å². The normalized spacial score (nSPS) is 14.5. The molecule has 0 spiro atoms. The summed E-state index contributed by atoms with van der Waals surface area (Å²) >= 11 is 0.878. The molecule has 166 valence electrons.